The van der Waals surface area contributed by atoms with Crippen molar-refractivity contribution < 1.29 is 0 Å². The second kappa shape index (κ2) is 7.96. The normalized spacial score (nSPS) is 18.2. The van der Waals surface area contributed by atoms with Crippen molar-refractivity contribution in [1.29, 1.82) is 0 Å². The van der Waals surface area contributed by atoms with Crippen molar-refractivity contribution in [3.8, 4) is 0 Å². The van der Waals surface area contributed by atoms with Crippen LogP contribution < -0.4 is 0 Å². The molecular weight excluding hydrogens is 360 g/mol. The highest BCUT2D eigenvalue weighted by atomic mass is 32.2. The van der Waals surface area contributed by atoms with Crippen LogP contribution in [0.2, 0.25) is 0 Å². The molecule has 0 amide bonds. The number of nitrogens with one attached hydrogen (secondary N) is 1. The van der Waals surface area contributed by atoms with Gasteiger partial charge in [-0.15, -0.1) is 11.8 Å². The summed E-state index contributed by atoms with van der Waals surface area (Å²) >= 11 is 1.82. The number of H-pyrrole nitrogens is 1. The number of hydrogen-bond donors (Lipinski definition) is 1. The third kappa shape index (κ3) is 4.16. The first-order chi connectivity index (χ1) is 13.4. The van der Waals surface area contributed by atoms with Crippen LogP contribution in [0.5, 0.6) is 0 Å². The third-order valence-corrected chi connectivity index (χ3v) is 6.86. The molecule has 0 spiro atoms. The van der Waals surface area contributed by atoms with Crippen LogP contribution in [0.15, 0.2) is 53.6 Å². The van der Waals surface area contributed by atoms with Gasteiger partial charge < -0.3 is 4.98 Å². The van der Waals surface area contributed by atoms with Gasteiger partial charge in [0.15, 0.2) is 0 Å². The van der Waals surface area contributed by atoms with E-state index in [2.05, 4.69) is 85.6 Å². The molecule has 1 aliphatic rings. The summed E-state index contributed by atoms with van der Waals surface area (Å²) in [6.07, 6.45) is 8.12. The van der Waals surface area contributed by atoms with Crippen molar-refractivity contribution in [3.63, 3.8) is 0 Å². The van der Waals surface area contributed by atoms with Crippen molar-refractivity contribution in [1.82, 2.24) is 9.88 Å². The topological polar surface area (TPSA) is 19.0 Å². The first kappa shape index (κ1) is 19.6. The molecule has 0 bridgehead atoms. The third-order valence-electron chi connectivity index (χ3n) is 6.13. The molecule has 1 aliphatic heterocycles. The Labute approximate surface area is 173 Å². The molecule has 148 valence electrons. The lowest BCUT2D eigenvalue weighted by Crippen LogP contribution is -2.30. The van der Waals surface area contributed by atoms with E-state index in [1.807, 2.05) is 11.8 Å². The first-order valence-electron chi connectivity index (χ1n) is 10.4. The predicted molar refractivity (Wildman–Crippen MR) is 122 cm³/mol. The molecule has 3 aromatic rings. The van der Waals surface area contributed by atoms with E-state index in [-0.39, 0.29) is 5.41 Å². The van der Waals surface area contributed by atoms with Crippen LogP contribution in [-0.2, 0) is 18.4 Å². The van der Waals surface area contributed by atoms with Crippen molar-refractivity contribution in [2.24, 2.45) is 0 Å². The summed E-state index contributed by atoms with van der Waals surface area (Å²) in [6, 6.07) is 16.7. The van der Waals surface area contributed by atoms with Crippen LogP contribution in [0.3, 0.4) is 0 Å². The zero-order chi connectivity index (χ0) is 19.7. The standard InChI is InChI=1S/C25H32N2S/c1-25(2,3)20-9-7-18(8-10-20)17-27-13-5-6-21(27)14-19-16-26-24-12-11-22(28-4)15-23(19)24/h7-12,15-16,21,26H,5-6,13-14,17H2,1-4H3. The van der Waals surface area contributed by atoms with E-state index in [9.17, 15) is 0 Å². The van der Waals surface area contributed by atoms with E-state index in [0.717, 1.165) is 13.0 Å². The summed E-state index contributed by atoms with van der Waals surface area (Å²) in [7, 11) is 0. The largest absolute Gasteiger partial charge is 0.361 e. The Hall–Kier alpha value is -1.71. The maximum atomic E-state index is 3.47. The molecule has 28 heavy (non-hydrogen) atoms. The Balaban J connectivity index is 1.48. The Kier molecular flexibility index (Phi) is 5.57. The van der Waals surface area contributed by atoms with Crippen molar-refractivity contribution in [2.75, 3.05) is 12.8 Å². The van der Waals surface area contributed by atoms with E-state index >= 15 is 0 Å². The van der Waals surface area contributed by atoms with Gasteiger partial charge in [0, 0.05) is 34.6 Å². The molecule has 1 saturated heterocycles. The minimum Gasteiger partial charge on any atom is -0.361 e. The minimum absolute atomic E-state index is 0.222. The number of likely N-dealkylation sites (tertiary alicyclic amines) is 1. The minimum atomic E-state index is 0.222. The molecule has 1 aromatic heterocycles. The number of fused-ring (bicyclic) bond motifs is 1. The van der Waals surface area contributed by atoms with Crippen molar-refractivity contribution >= 4 is 22.7 Å². The zero-order valence-corrected chi connectivity index (χ0v) is 18.4. The van der Waals surface area contributed by atoms with Gasteiger partial charge in [-0.1, -0.05) is 45.0 Å². The van der Waals surface area contributed by atoms with E-state index in [1.165, 1.54) is 51.9 Å². The summed E-state index contributed by atoms with van der Waals surface area (Å²) in [5.74, 6) is 0. The Bertz CT molecular complexity index is 933. The highest BCUT2D eigenvalue weighted by Gasteiger charge is 2.25. The zero-order valence-electron chi connectivity index (χ0n) is 17.6. The van der Waals surface area contributed by atoms with Gasteiger partial charge in [0.2, 0.25) is 0 Å². The molecule has 1 unspecified atom stereocenters. The number of aromatic nitrogens is 1. The second-order valence-corrected chi connectivity index (χ2v) is 10.0. The maximum Gasteiger partial charge on any atom is 0.0457 e. The van der Waals surface area contributed by atoms with E-state index in [1.54, 1.807) is 0 Å². The van der Waals surface area contributed by atoms with E-state index in [4.69, 9.17) is 0 Å². The summed E-state index contributed by atoms with van der Waals surface area (Å²) in [4.78, 5) is 7.50. The number of benzene rings is 2. The van der Waals surface area contributed by atoms with Gasteiger partial charge in [0.1, 0.15) is 0 Å². The maximum absolute atomic E-state index is 3.47. The number of rotatable bonds is 5. The van der Waals surface area contributed by atoms with Crippen molar-refractivity contribution in [2.45, 2.75) is 62.9 Å². The highest BCUT2D eigenvalue weighted by molar-refractivity contribution is 7.98. The lowest BCUT2D eigenvalue weighted by atomic mass is 9.87. The molecule has 1 atom stereocenters. The van der Waals surface area contributed by atoms with E-state index in [0.29, 0.717) is 6.04 Å². The average molecular weight is 393 g/mol. The number of nitrogens with zero attached hydrogens (tertiary/aromatic N) is 1. The van der Waals surface area contributed by atoms with Gasteiger partial charge in [-0.05, 0) is 72.4 Å². The summed E-state index contributed by atoms with van der Waals surface area (Å²) in [5.41, 5.74) is 5.79. The molecule has 0 radical (unpaired) electrons. The van der Waals surface area contributed by atoms with Crippen LogP contribution in [0.25, 0.3) is 10.9 Å². The van der Waals surface area contributed by atoms with E-state index < -0.39 is 0 Å². The van der Waals surface area contributed by atoms with Crippen LogP contribution in [0, 0.1) is 0 Å². The van der Waals surface area contributed by atoms with Crippen LogP contribution in [0.1, 0.15) is 50.3 Å². The number of hydrogen-bond acceptors (Lipinski definition) is 2. The second-order valence-electron chi connectivity index (χ2n) is 9.14. The van der Waals surface area contributed by atoms with Gasteiger partial charge in [-0.3, -0.25) is 4.90 Å². The fraction of sp³-hybridized carbons (Fsp3) is 0.440. The van der Waals surface area contributed by atoms with Gasteiger partial charge in [0.05, 0.1) is 0 Å². The number of aromatic amines is 1. The van der Waals surface area contributed by atoms with Gasteiger partial charge in [0.25, 0.3) is 0 Å². The molecule has 4 rings (SSSR count). The molecule has 0 saturated carbocycles. The average Bonchev–Trinajstić information content (AvgIpc) is 3.28. The quantitative estimate of drug-likeness (QED) is 0.507. The number of thioether (sulfide) groups is 1. The Morgan fingerprint density at radius 3 is 2.61 bits per heavy atom. The van der Waals surface area contributed by atoms with Gasteiger partial charge in [-0.2, -0.15) is 0 Å². The van der Waals surface area contributed by atoms with Gasteiger partial charge >= 0.3 is 0 Å². The molecule has 2 nitrogen and oxygen atoms in total. The van der Waals surface area contributed by atoms with Crippen LogP contribution in [0.4, 0.5) is 0 Å². The van der Waals surface area contributed by atoms with Crippen molar-refractivity contribution in [3.05, 3.63) is 65.4 Å². The molecule has 0 aliphatic carbocycles. The lowest BCUT2D eigenvalue weighted by Gasteiger charge is -2.25. The smallest absolute Gasteiger partial charge is 0.0457 e. The highest BCUT2D eigenvalue weighted by Crippen LogP contribution is 2.29. The Morgan fingerprint density at radius 2 is 1.89 bits per heavy atom. The molecule has 3 heteroatoms. The fourth-order valence-electron chi connectivity index (χ4n) is 4.39. The monoisotopic (exact) mass is 392 g/mol. The summed E-state index contributed by atoms with van der Waals surface area (Å²) in [6.45, 7) is 9.12. The summed E-state index contributed by atoms with van der Waals surface area (Å²) < 4.78 is 0. The lowest BCUT2D eigenvalue weighted by molar-refractivity contribution is 0.244. The SMILES string of the molecule is CSc1ccc2[nH]cc(CC3CCCN3Cc3ccc(C(C)(C)C)cc3)c2c1. The molecule has 2 aromatic carbocycles. The van der Waals surface area contributed by atoms with Gasteiger partial charge in [-0.25, -0.2) is 0 Å². The molecule has 1 fully saturated rings. The van der Waals surface area contributed by atoms with Crippen LogP contribution >= 0.6 is 11.8 Å². The predicted octanol–water partition coefficient (Wildman–Crippen LogP) is 6.39. The Morgan fingerprint density at radius 1 is 1.11 bits per heavy atom. The fourth-order valence-corrected chi connectivity index (χ4v) is 4.83. The molecular formula is C25H32N2S. The van der Waals surface area contributed by atoms with Crippen LogP contribution in [-0.4, -0.2) is 28.7 Å². The summed E-state index contributed by atoms with van der Waals surface area (Å²) in [5, 5.41) is 1.40. The molecule has 2 heterocycles. The molecule has 1 N–H and O–H groups in total. The first-order valence-corrected chi connectivity index (χ1v) is 11.6.